The number of benzene rings is 2. The van der Waals surface area contributed by atoms with Crippen LogP contribution in [0.15, 0.2) is 45.7 Å². The van der Waals surface area contributed by atoms with Crippen molar-refractivity contribution in [1.29, 1.82) is 0 Å². The van der Waals surface area contributed by atoms with E-state index in [1.165, 1.54) is 11.3 Å². The maximum Gasteiger partial charge on any atom is 0.285 e. The molecule has 0 N–H and O–H groups in total. The molecule has 0 spiro atoms. The third-order valence-corrected chi connectivity index (χ3v) is 7.00. The largest absolute Gasteiger partial charge is 0.383 e. The van der Waals surface area contributed by atoms with E-state index in [1.54, 1.807) is 48.1 Å². The summed E-state index contributed by atoms with van der Waals surface area (Å²) in [5.74, 6) is 0. The molecule has 0 unspecified atom stereocenters. The van der Waals surface area contributed by atoms with Crippen LogP contribution in [0, 0.1) is 6.92 Å². The van der Waals surface area contributed by atoms with E-state index in [9.17, 15) is 8.42 Å². The number of ether oxygens (including phenoxy) is 1. The number of rotatable bonds is 5. The lowest BCUT2D eigenvalue weighted by molar-refractivity contribution is 0.187. The molecule has 0 atom stereocenters. The molecule has 26 heavy (non-hydrogen) atoms. The van der Waals surface area contributed by atoms with Gasteiger partial charge in [-0.25, -0.2) is 0 Å². The van der Waals surface area contributed by atoms with Crippen molar-refractivity contribution in [1.82, 2.24) is 4.57 Å². The summed E-state index contributed by atoms with van der Waals surface area (Å²) < 4.78 is 37.0. The fourth-order valence-corrected chi connectivity index (χ4v) is 5.31. The van der Waals surface area contributed by atoms with Gasteiger partial charge >= 0.3 is 0 Å². The number of halogens is 2. The van der Waals surface area contributed by atoms with Crippen molar-refractivity contribution in [3.8, 4) is 0 Å². The lowest BCUT2D eigenvalue weighted by Crippen LogP contribution is -2.19. The first-order valence-corrected chi connectivity index (χ1v) is 10.7. The summed E-state index contributed by atoms with van der Waals surface area (Å²) in [6.07, 6.45) is 0. The van der Waals surface area contributed by atoms with Gasteiger partial charge in [-0.1, -0.05) is 52.2 Å². The monoisotopic (exact) mass is 430 g/mol. The van der Waals surface area contributed by atoms with E-state index < -0.39 is 10.0 Å². The van der Waals surface area contributed by atoms with Gasteiger partial charge in [-0.2, -0.15) is 8.42 Å². The highest BCUT2D eigenvalue weighted by atomic mass is 35.5. The molecule has 0 aliphatic rings. The molecule has 2 aromatic carbocycles. The number of nitrogens with zero attached hydrogens (tertiary/aromatic N) is 2. The Morgan fingerprint density at radius 2 is 1.77 bits per heavy atom. The number of aromatic nitrogens is 1. The van der Waals surface area contributed by atoms with Crippen LogP contribution in [0.5, 0.6) is 0 Å². The van der Waals surface area contributed by atoms with Gasteiger partial charge in [-0.15, -0.1) is 4.40 Å². The number of hydrogen-bond acceptors (Lipinski definition) is 4. The maximum atomic E-state index is 12.7. The maximum absolute atomic E-state index is 12.7. The molecule has 3 rings (SSSR count). The van der Waals surface area contributed by atoms with Crippen LogP contribution in [-0.2, 0) is 21.3 Å². The van der Waals surface area contributed by atoms with Crippen molar-refractivity contribution in [3.63, 3.8) is 0 Å². The highest BCUT2D eigenvalue weighted by Gasteiger charge is 2.17. The fraction of sp³-hybridized carbons (Fsp3) is 0.235. The number of hydrogen-bond donors (Lipinski definition) is 0. The van der Waals surface area contributed by atoms with Crippen molar-refractivity contribution in [2.75, 3.05) is 13.7 Å². The Bertz CT molecular complexity index is 1120. The molecule has 0 aliphatic heterocycles. The molecule has 1 heterocycles. The van der Waals surface area contributed by atoms with Crippen LogP contribution in [0.1, 0.15) is 5.56 Å². The number of thiazole rings is 1. The predicted molar refractivity (Wildman–Crippen MR) is 106 cm³/mol. The quantitative estimate of drug-likeness (QED) is 0.607. The van der Waals surface area contributed by atoms with Crippen LogP contribution >= 0.6 is 34.5 Å². The van der Waals surface area contributed by atoms with Crippen molar-refractivity contribution in [2.24, 2.45) is 4.40 Å². The van der Waals surface area contributed by atoms with Gasteiger partial charge in [0.1, 0.15) is 0 Å². The number of methoxy groups -OCH3 is 1. The average Bonchev–Trinajstić information content (AvgIpc) is 2.95. The van der Waals surface area contributed by atoms with Gasteiger partial charge in [0.05, 0.1) is 31.8 Å². The minimum Gasteiger partial charge on any atom is -0.383 e. The van der Waals surface area contributed by atoms with Crippen LogP contribution < -0.4 is 4.80 Å². The predicted octanol–water partition coefficient (Wildman–Crippen LogP) is 4.25. The molecule has 0 amide bonds. The second-order valence-corrected chi connectivity index (χ2v) is 9.01. The van der Waals surface area contributed by atoms with Crippen molar-refractivity contribution >= 4 is 54.8 Å². The zero-order chi connectivity index (χ0) is 18.9. The Labute approximate surface area is 165 Å². The Hall–Kier alpha value is -1.38. The lowest BCUT2D eigenvalue weighted by atomic mass is 10.2. The normalized spacial score (nSPS) is 12.8. The van der Waals surface area contributed by atoms with Crippen molar-refractivity contribution in [3.05, 3.63) is 56.8 Å². The summed E-state index contributed by atoms with van der Waals surface area (Å²) >= 11 is 13.8. The van der Waals surface area contributed by atoms with Crippen LogP contribution in [0.4, 0.5) is 0 Å². The second kappa shape index (κ2) is 7.70. The molecule has 3 aromatic rings. The van der Waals surface area contributed by atoms with E-state index in [2.05, 4.69) is 4.40 Å². The van der Waals surface area contributed by atoms with Gasteiger partial charge in [-0.05, 0) is 31.2 Å². The van der Waals surface area contributed by atoms with Gasteiger partial charge in [0.15, 0.2) is 0 Å². The summed E-state index contributed by atoms with van der Waals surface area (Å²) in [6, 6.07) is 9.92. The number of sulfonamides is 1. The fourth-order valence-electron chi connectivity index (χ4n) is 2.44. The highest BCUT2D eigenvalue weighted by Crippen LogP contribution is 2.32. The summed E-state index contributed by atoms with van der Waals surface area (Å²) in [5.41, 5.74) is 1.62. The van der Waals surface area contributed by atoms with Crippen LogP contribution in [0.3, 0.4) is 0 Å². The molecule has 1 aromatic heterocycles. The van der Waals surface area contributed by atoms with E-state index in [1.807, 2.05) is 6.92 Å². The molecule has 0 aliphatic carbocycles. The van der Waals surface area contributed by atoms with Gasteiger partial charge in [0.25, 0.3) is 10.0 Å². The van der Waals surface area contributed by atoms with E-state index in [4.69, 9.17) is 27.9 Å². The van der Waals surface area contributed by atoms with E-state index in [-0.39, 0.29) is 4.90 Å². The van der Waals surface area contributed by atoms with Crippen LogP contribution in [-0.4, -0.2) is 26.7 Å². The second-order valence-electron chi connectivity index (χ2n) is 5.62. The van der Waals surface area contributed by atoms with Crippen molar-refractivity contribution in [2.45, 2.75) is 18.4 Å². The summed E-state index contributed by atoms with van der Waals surface area (Å²) in [7, 11) is -2.29. The van der Waals surface area contributed by atoms with Crippen molar-refractivity contribution < 1.29 is 13.2 Å². The minimum absolute atomic E-state index is 0.135. The molecule has 9 heteroatoms. The topological polar surface area (TPSA) is 60.7 Å². The first-order chi connectivity index (χ1) is 12.3. The molecule has 0 fully saturated rings. The van der Waals surface area contributed by atoms with Gasteiger partial charge in [-0.3, -0.25) is 0 Å². The van der Waals surface area contributed by atoms with E-state index in [0.717, 1.165) is 5.56 Å². The Balaban J connectivity index is 2.26. The van der Waals surface area contributed by atoms with E-state index in [0.29, 0.717) is 38.2 Å². The van der Waals surface area contributed by atoms with Crippen LogP contribution in [0.2, 0.25) is 10.0 Å². The van der Waals surface area contributed by atoms with Gasteiger partial charge in [0.2, 0.25) is 4.80 Å². The molecule has 5 nitrogen and oxygen atoms in total. The first-order valence-electron chi connectivity index (χ1n) is 7.67. The van der Waals surface area contributed by atoms with Gasteiger partial charge in [0, 0.05) is 13.7 Å². The lowest BCUT2D eigenvalue weighted by Gasteiger charge is -2.06. The zero-order valence-corrected chi connectivity index (χ0v) is 17.2. The molecule has 0 saturated heterocycles. The molecule has 0 radical (unpaired) electrons. The Morgan fingerprint density at radius 3 is 2.42 bits per heavy atom. The first kappa shape index (κ1) is 19.4. The molecular weight excluding hydrogens is 415 g/mol. The molecule has 0 saturated carbocycles. The third kappa shape index (κ3) is 3.82. The summed E-state index contributed by atoms with van der Waals surface area (Å²) in [5, 5.41) is 0.973. The smallest absolute Gasteiger partial charge is 0.285 e. The minimum atomic E-state index is -3.86. The molecule has 0 bridgehead atoms. The number of aryl methyl sites for hydroxylation is 1. The number of fused-ring (bicyclic) bond motifs is 1. The molecular formula is C17H16Cl2N2O3S2. The third-order valence-electron chi connectivity index (χ3n) is 3.76. The summed E-state index contributed by atoms with van der Waals surface area (Å²) in [6.45, 7) is 2.67. The Morgan fingerprint density at radius 1 is 1.12 bits per heavy atom. The Kier molecular flexibility index (Phi) is 5.74. The van der Waals surface area contributed by atoms with Gasteiger partial charge < -0.3 is 9.30 Å². The summed E-state index contributed by atoms with van der Waals surface area (Å²) in [4.78, 5) is 0.434. The van der Waals surface area contributed by atoms with Crippen LogP contribution in [0.25, 0.3) is 10.2 Å². The average molecular weight is 431 g/mol. The van der Waals surface area contributed by atoms with E-state index >= 15 is 0 Å². The molecule has 138 valence electrons. The standard InChI is InChI=1S/C17H16Cl2N2O3S2/c1-11-3-5-12(6-4-11)26(22,23)20-17-21(9-10-24-2)15-13(18)7-8-14(19)16(15)25-17/h3-8H,9-10H2,1-2H3. The zero-order valence-electron chi connectivity index (χ0n) is 14.1. The highest BCUT2D eigenvalue weighted by molar-refractivity contribution is 7.90. The SMILES string of the molecule is COCCn1c(=NS(=O)(=O)c2ccc(C)cc2)sc2c(Cl)ccc(Cl)c21.